The summed E-state index contributed by atoms with van der Waals surface area (Å²) in [7, 11) is 0. The summed E-state index contributed by atoms with van der Waals surface area (Å²) in [4.78, 5) is 13.3. The molecule has 6 nitrogen and oxygen atoms in total. The molecule has 23 heavy (non-hydrogen) atoms. The molecule has 2 fully saturated rings. The number of fused-ring (bicyclic) bond motifs is 2. The molecule has 1 amide bonds. The second-order valence-electron chi connectivity index (χ2n) is 7.42. The molecule has 2 bridgehead atoms. The number of carbonyl (C=O) groups is 1. The first-order valence-corrected chi connectivity index (χ1v) is 8.46. The predicted octanol–water partition coefficient (Wildman–Crippen LogP) is 3.03. The summed E-state index contributed by atoms with van der Waals surface area (Å²) in [6, 6.07) is 1.87. The standard InChI is InChI=1S/C16H23ClN4O2/c1-16(2,19-15(22)23)6-13-10-3-4-11(13)9-21(8-10)12-5-14(17)20-18-7-12/h5,7,10-11,13,19H,3-4,6,8-9H2,1-2H3,(H,22,23)/t10-,11+,13?. The van der Waals surface area contributed by atoms with Gasteiger partial charge in [-0.2, -0.15) is 5.10 Å². The largest absolute Gasteiger partial charge is 0.465 e. The van der Waals surface area contributed by atoms with Crippen LogP contribution in [-0.4, -0.2) is 40.0 Å². The van der Waals surface area contributed by atoms with Gasteiger partial charge < -0.3 is 15.3 Å². The minimum Gasteiger partial charge on any atom is -0.465 e. The van der Waals surface area contributed by atoms with Crippen LogP contribution in [0.15, 0.2) is 12.3 Å². The average Bonchev–Trinajstić information content (AvgIpc) is 2.68. The zero-order valence-corrected chi connectivity index (χ0v) is 14.3. The third-order valence-electron chi connectivity index (χ3n) is 5.20. The zero-order valence-electron chi connectivity index (χ0n) is 13.5. The fourth-order valence-electron chi connectivity index (χ4n) is 4.31. The summed E-state index contributed by atoms with van der Waals surface area (Å²) in [6.45, 7) is 5.90. The number of piperidine rings is 1. The highest BCUT2D eigenvalue weighted by molar-refractivity contribution is 6.29. The first-order chi connectivity index (χ1) is 10.8. The van der Waals surface area contributed by atoms with Gasteiger partial charge in [0, 0.05) is 24.7 Å². The van der Waals surface area contributed by atoms with E-state index < -0.39 is 6.09 Å². The molecular formula is C16H23ClN4O2. The van der Waals surface area contributed by atoms with Gasteiger partial charge in [0.2, 0.25) is 0 Å². The van der Waals surface area contributed by atoms with E-state index in [9.17, 15) is 4.79 Å². The number of hydrogen-bond donors (Lipinski definition) is 2. The first-order valence-electron chi connectivity index (χ1n) is 8.08. The van der Waals surface area contributed by atoms with E-state index in [2.05, 4.69) is 20.4 Å². The second-order valence-corrected chi connectivity index (χ2v) is 7.81. The summed E-state index contributed by atoms with van der Waals surface area (Å²) in [6.07, 6.45) is 4.12. The van der Waals surface area contributed by atoms with Gasteiger partial charge >= 0.3 is 6.09 Å². The molecule has 126 valence electrons. The summed E-state index contributed by atoms with van der Waals surface area (Å²) >= 11 is 5.95. The van der Waals surface area contributed by atoms with Crippen LogP contribution in [0.1, 0.15) is 33.1 Å². The van der Waals surface area contributed by atoms with Crippen LogP contribution in [-0.2, 0) is 0 Å². The molecule has 1 aromatic heterocycles. The van der Waals surface area contributed by atoms with E-state index in [1.165, 1.54) is 12.8 Å². The van der Waals surface area contributed by atoms with Crippen LogP contribution in [0, 0.1) is 17.8 Å². The van der Waals surface area contributed by atoms with Crippen LogP contribution in [0.25, 0.3) is 0 Å². The Morgan fingerprint density at radius 2 is 2.09 bits per heavy atom. The van der Waals surface area contributed by atoms with Crippen molar-refractivity contribution in [2.45, 2.75) is 38.6 Å². The lowest BCUT2D eigenvalue weighted by Crippen LogP contribution is -2.49. The lowest BCUT2D eigenvalue weighted by atomic mass is 9.77. The van der Waals surface area contributed by atoms with Crippen molar-refractivity contribution in [2.24, 2.45) is 17.8 Å². The van der Waals surface area contributed by atoms with Gasteiger partial charge in [-0.1, -0.05) is 11.6 Å². The Balaban J connectivity index is 1.69. The van der Waals surface area contributed by atoms with Gasteiger partial charge in [-0.15, -0.1) is 5.10 Å². The monoisotopic (exact) mass is 338 g/mol. The van der Waals surface area contributed by atoms with Crippen molar-refractivity contribution >= 4 is 23.4 Å². The molecule has 1 saturated heterocycles. The molecule has 2 N–H and O–H groups in total. The normalized spacial score (nSPS) is 27.1. The predicted molar refractivity (Wildman–Crippen MR) is 88.8 cm³/mol. The fourth-order valence-corrected chi connectivity index (χ4v) is 4.47. The Labute approximate surface area is 141 Å². The molecule has 1 aromatic rings. The maximum atomic E-state index is 11.0. The van der Waals surface area contributed by atoms with Crippen molar-refractivity contribution in [3.05, 3.63) is 17.4 Å². The molecule has 1 aliphatic heterocycles. The Morgan fingerprint density at radius 3 is 2.65 bits per heavy atom. The molecule has 0 spiro atoms. The molecule has 0 radical (unpaired) electrons. The van der Waals surface area contributed by atoms with Crippen molar-refractivity contribution in [3.8, 4) is 0 Å². The first kappa shape index (κ1) is 16.3. The minimum atomic E-state index is -0.947. The average molecular weight is 339 g/mol. The molecule has 7 heteroatoms. The smallest absolute Gasteiger partial charge is 0.405 e. The number of anilines is 1. The highest BCUT2D eigenvalue weighted by atomic mass is 35.5. The number of halogens is 1. The van der Waals surface area contributed by atoms with Gasteiger partial charge in [0.1, 0.15) is 0 Å². The Hall–Kier alpha value is -1.56. The highest BCUT2D eigenvalue weighted by Gasteiger charge is 2.44. The van der Waals surface area contributed by atoms with Crippen LogP contribution in [0.3, 0.4) is 0 Å². The molecule has 1 unspecified atom stereocenters. The summed E-state index contributed by atoms with van der Waals surface area (Å²) in [5.74, 6) is 1.75. The van der Waals surface area contributed by atoms with Crippen molar-refractivity contribution in [1.82, 2.24) is 15.5 Å². The third-order valence-corrected chi connectivity index (χ3v) is 5.38. The number of hydrogen-bond acceptors (Lipinski definition) is 4. The number of carboxylic acid groups (broad SMARTS) is 1. The summed E-state index contributed by atoms with van der Waals surface area (Å²) in [5, 5.41) is 19.8. The number of aromatic nitrogens is 2. The maximum Gasteiger partial charge on any atom is 0.405 e. The van der Waals surface area contributed by atoms with Crippen molar-refractivity contribution < 1.29 is 9.90 Å². The fraction of sp³-hybridized carbons (Fsp3) is 0.688. The molecule has 1 aliphatic carbocycles. The number of nitrogens with zero attached hydrogens (tertiary/aromatic N) is 3. The molecule has 0 aromatic carbocycles. The van der Waals surface area contributed by atoms with Gasteiger partial charge in [-0.05, 0) is 50.9 Å². The molecule has 3 rings (SSSR count). The number of amides is 1. The minimum absolute atomic E-state index is 0.388. The SMILES string of the molecule is CC(C)(CC1[C@@H]2CC[C@H]1CN(c1cnnc(Cl)c1)C2)NC(=O)O. The lowest BCUT2D eigenvalue weighted by molar-refractivity contribution is 0.160. The van der Waals surface area contributed by atoms with Gasteiger partial charge in [0.25, 0.3) is 0 Å². The van der Waals surface area contributed by atoms with Crippen LogP contribution in [0.4, 0.5) is 10.5 Å². The van der Waals surface area contributed by atoms with Crippen molar-refractivity contribution in [2.75, 3.05) is 18.0 Å². The van der Waals surface area contributed by atoms with Crippen molar-refractivity contribution in [1.29, 1.82) is 0 Å². The van der Waals surface area contributed by atoms with Gasteiger partial charge in [0.05, 0.1) is 11.9 Å². The quantitative estimate of drug-likeness (QED) is 0.882. The topological polar surface area (TPSA) is 78.4 Å². The zero-order chi connectivity index (χ0) is 16.6. The molecular weight excluding hydrogens is 316 g/mol. The Bertz CT molecular complexity index is 581. The molecule has 1 saturated carbocycles. The van der Waals surface area contributed by atoms with E-state index >= 15 is 0 Å². The number of rotatable bonds is 4. The van der Waals surface area contributed by atoms with Crippen LogP contribution < -0.4 is 10.2 Å². The molecule has 3 atom stereocenters. The van der Waals surface area contributed by atoms with Crippen LogP contribution in [0.2, 0.25) is 5.15 Å². The van der Waals surface area contributed by atoms with E-state index in [1.807, 2.05) is 19.9 Å². The highest BCUT2D eigenvalue weighted by Crippen LogP contribution is 2.46. The third kappa shape index (κ3) is 3.68. The summed E-state index contributed by atoms with van der Waals surface area (Å²) < 4.78 is 0. The van der Waals surface area contributed by atoms with E-state index in [4.69, 9.17) is 16.7 Å². The van der Waals surface area contributed by atoms with Gasteiger partial charge in [0.15, 0.2) is 5.15 Å². The maximum absolute atomic E-state index is 11.0. The van der Waals surface area contributed by atoms with E-state index in [-0.39, 0.29) is 5.54 Å². The lowest BCUT2D eigenvalue weighted by Gasteiger charge is -2.42. The van der Waals surface area contributed by atoms with E-state index in [0.717, 1.165) is 25.2 Å². The Kier molecular flexibility index (Phi) is 4.36. The van der Waals surface area contributed by atoms with Crippen LogP contribution >= 0.6 is 11.6 Å². The Morgan fingerprint density at radius 1 is 1.43 bits per heavy atom. The van der Waals surface area contributed by atoms with Gasteiger partial charge in [-0.3, -0.25) is 0 Å². The van der Waals surface area contributed by atoms with Gasteiger partial charge in [-0.25, -0.2) is 4.79 Å². The van der Waals surface area contributed by atoms with Crippen LogP contribution in [0.5, 0.6) is 0 Å². The number of nitrogens with one attached hydrogen (secondary N) is 1. The van der Waals surface area contributed by atoms with Crippen molar-refractivity contribution in [3.63, 3.8) is 0 Å². The second kappa shape index (κ2) is 6.15. The van der Waals surface area contributed by atoms with E-state index in [0.29, 0.717) is 22.9 Å². The van der Waals surface area contributed by atoms with E-state index in [1.54, 1.807) is 6.20 Å². The summed E-state index contributed by atoms with van der Waals surface area (Å²) in [5.41, 5.74) is 0.643. The molecule has 2 aliphatic rings. The molecule has 2 heterocycles.